The van der Waals surface area contributed by atoms with Gasteiger partial charge in [0.05, 0.1) is 24.7 Å². The molecule has 1 heterocycles. The number of sulfone groups is 1. The van der Waals surface area contributed by atoms with E-state index >= 15 is 0 Å². The highest BCUT2D eigenvalue weighted by atomic mass is 32.2. The van der Waals surface area contributed by atoms with E-state index < -0.39 is 15.3 Å². The molecule has 0 amide bonds. The van der Waals surface area contributed by atoms with Crippen molar-refractivity contribution in [3.63, 3.8) is 0 Å². The fraction of sp³-hybridized carbons (Fsp3) is 1.00. The highest BCUT2D eigenvalue weighted by molar-refractivity contribution is 7.91. The number of hydrogen-bond acceptors (Lipinski definition) is 4. The lowest BCUT2D eigenvalue weighted by atomic mass is 9.70. The molecule has 2 N–H and O–H groups in total. The Labute approximate surface area is 110 Å². The zero-order chi connectivity index (χ0) is 14.0. The summed E-state index contributed by atoms with van der Waals surface area (Å²) >= 11 is 0. The van der Waals surface area contributed by atoms with E-state index in [1.165, 1.54) is 0 Å². The highest BCUT2D eigenvalue weighted by Crippen LogP contribution is 2.41. The Morgan fingerprint density at radius 1 is 1.11 bits per heavy atom. The summed E-state index contributed by atoms with van der Waals surface area (Å²) in [6, 6.07) is 0. The Morgan fingerprint density at radius 2 is 1.67 bits per heavy atom. The number of aliphatic hydroxyl groups is 2. The molecule has 1 atom stereocenters. The molecular formula is C13H26O4S. The molecule has 0 aromatic heterocycles. The van der Waals surface area contributed by atoms with E-state index in [9.17, 15) is 18.6 Å². The maximum absolute atomic E-state index is 11.6. The van der Waals surface area contributed by atoms with Crippen molar-refractivity contribution >= 4 is 9.84 Å². The first-order valence-corrected chi connectivity index (χ1v) is 8.38. The Kier molecular flexibility index (Phi) is 4.84. The van der Waals surface area contributed by atoms with Crippen molar-refractivity contribution in [3.05, 3.63) is 0 Å². The van der Waals surface area contributed by atoms with Gasteiger partial charge in [0.2, 0.25) is 0 Å². The van der Waals surface area contributed by atoms with Gasteiger partial charge in [-0.15, -0.1) is 0 Å². The molecule has 1 rings (SSSR count). The van der Waals surface area contributed by atoms with Gasteiger partial charge in [0.25, 0.3) is 0 Å². The van der Waals surface area contributed by atoms with Crippen molar-refractivity contribution < 1.29 is 18.6 Å². The SMILES string of the molecule is CC(C)(C)CCC(CO)(CO)C1CCS(=O)(=O)C1. The molecule has 5 heteroatoms. The standard InChI is InChI=1S/C13H26O4S/c1-12(2,3)5-6-13(9-14,10-15)11-4-7-18(16,17)8-11/h11,14-15H,4-10H2,1-3H3. The molecular weight excluding hydrogens is 252 g/mol. The number of rotatable bonds is 5. The minimum Gasteiger partial charge on any atom is -0.396 e. The van der Waals surface area contributed by atoms with Gasteiger partial charge < -0.3 is 10.2 Å². The first kappa shape index (κ1) is 15.9. The van der Waals surface area contributed by atoms with Gasteiger partial charge in [-0.25, -0.2) is 8.42 Å². The predicted octanol–water partition coefficient (Wildman–Crippen LogP) is 1.22. The molecule has 1 unspecified atom stereocenters. The average Bonchev–Trinajstić information content (AvgIpc) is 2.60. The van der Waals surface area contributed by atoms with Gasteiger partial charge in [0.1, 0.15) is 0 Å². The summed E-state index contributed by atoms with van der Waals surface area (Å²) in [5.74, 6) is 0.188. The van der Waals surface area contributed by atoms with E-state index in [-0.39, 0.29) is 36.1 Å². The van der Waals surface area contributed by atoms with E-state index in [0.29, 0.717) is 12.8 Å². The van der Waals surface area contributed by atoms with Crippen LogP contribution in [0.4, 0.5) is 0 Å². The lowest BCUT2D eigenvalue weighted by Gasteiger charge is -2.37. The molecule has 1 aliphatic heterocycles. The van der Waals surface area contributed by atoms with Crippen LogP contribution in [-0.4, -0.2) is 43.4 Å². The quantitative estimate of drug-likeness (QED) is 0.793. The Morgan fingerprint density at radius 3 is 2.00 bits per heavy atom. The smallest absolute Gasteiger partial charge is 0.150 e. The Bertz CT molecular complexity index is 363. The van der Waals surface area contributed by atoms with Crippen molar-refractivity contribution in [1.29, 1.82) is 0 Å². The summed E-state index contributed by atoms with van der Waals surface area (Å²) < 4.78 is 23.1. The molecule has 0 aromatic carbocycles. The van der Waals surface area contributed by atoms with Crippen LogP contribution in [0.25, 0.3) is 0 Å². The van der Waals surface area contributed by atoms with Crippen LogP contribution < -0.4 is 0 Å². The lowest BCUT2D eigenvalue weighted by Crippen LogP contribution is -2.39. The van der Waals surface area contributed by atoms with Gasteiger partial charge in [0.15, 0.2) is 9.84 Å². The van der Waals surface area contributed by atoms with Gasteiger partial charge in [-0.2, -0.15) is 0 Å². The molecule has 1 fully saturated rings. The molecule has 0 spiro atoms. The van der Waals surface area contributed by atoms with Gasteiger partial charge >= 0.3 is 0 Å². The van der Waals surface area contributed by atoms with Crippen molar-refractivity contribution in [2.24, 2.45) is 16.7 Å². The molecule has 108 valence electrons. The van der Waals surface area contributed by atoms with E-state index in [2.05, 4.69) is 20.8 Å². The first-order valence-electron chi connectivity index (χ1n) is 6.56. The van der Waals surface area contributed by atoms with Gasteiger partial charge in [-0.1, -0.05) is 20.8 Å². The molecule has 0 aromatic rings. The largest absolute Gasteiger partial charge is 0.396 e. The van der Waals surface area contributed by atoms with Crippen LogP contribution in [0, 0.1) is 16.7 Å². The van der Waals surface area contributed by atoms with Crippen molar-refractivity contribution in [1.82, 2.24) is 0 Å². The predicted molar refractivity (Wildman–Crippen MR) is 72.1 cm³/mol. The fourth-order valence-electron chi connectivity index (χ4n) is 2.57. The minimum atomic E-state index is -2.97. The summed E-state index contributed by atoms with van der Waals surface area (Å²) in [6.45, 7) is 6.05. The van der Waals surface area contributed by atoms with Crippen LogP contribution in [0.15, 0.2) is 0 Å². The van der Waals surface area contributed by atoms with E-state index in [0.717, 1.165) is 6.42 Å². The maximum Gasteiger partial charge on any atom is 0.150 e. The zero-order valence-electron chi connectivity index (χ0n) is 11.6. The van der Waals surface area contributed by atoms with Gasteiger partial charge in [-0.05, 0) is 30.6 Å². The van der Waals surface area contributed by atoms with Crippen molar-refractivity contribution in [3.8, 4) is 0 Å². The van der Waals surface area contributed by atoms with Crippen LogP contribution >= 0.6 is 0 Å². The van der Waals surface area contributed by atoms with E-state index in [1.807, 2.05) is 0 Å². The molecule has 1 saturated heterocycles. The van der Waals surface area contributed by atoms with Crippen LogP contribution in [0.2, 0.25) is 0 Å². The highest BCUT2D eigenvalue weighted by Gasteiger charge is 2.44. The Balaban J connectivity index is 2.81. The van der Waals surface area contributed by atoms with E-state index in [1.54, 1.807) is 0 Å². The number of hydrogen-bond donors (Lipinski definition) is 2. The van der Waals surface area contributed by atoms with Crippen LogP contribution in [0.3, 0.4) is 0 Å². The number of aliphatic hydroxyl groups excluding tert-OH is 2. The van der Waals surface area contributed by atoms with Crippen LogP contribution in [-0.2, 0) is 9.84 Å². The topological polar surface area (TPSA) is 74.6 Å². The third kappa shape index (κ3) is 3.93. The molecule has 18 heavy (non-hydrogen) atoms. The maximum atomic E-state index is 11.6. The molecule has 0 aliphatic carbocycles. The second-order valence-corrected chi connectivity index (χ2v) is 9.07. The molecule has 4 nitrogen and oxygen atoms in total. The second kappa shape index (κ2) is 5.47. The third-order valence-electron chi connectivity index (χ3n) is 4.10. The summed E-state index contributed by atoms with van der Waals surface area (Å²) in [6.07, 6.45) is 2.10. The second-order valence-electron chi connectivity index (χ2n) is 6.84. The first-order chi connectivity index (χ1) is 8.14. The van der Waals surface area contributed by atoms with E-state index in [4.69, 9.17) is 0 Å². The summed E-state index contributed by atoms with van der Waals surface area (Å²) in [4.78, 5) is 0. The normalized spacial score (nSPS) is 24.4. The summed E-state index contributed by atoms with van der Waals surface area (Å²) in [5, 5.41) is 19.3. The summed E-state index contributed by atoms with van der Waals surface area (Å²) in [5.41, 5.74) is -0.524. The van der Waals surface area contributed by atoms with Crippen molar-refractivity contribution in [2.45, 2.75) is 40.0 Å². The molecule has 0 radical (unpaired) electrons. The molecule has 1 aliphatic rings. The zero-order valence-corrected chi connectivity index (χ0v) is 12.5. The fourth-order valence-corrected chi connectivity index (χ4v) is 4.52. The molecule has 0 bridgehead atoms. The lowest BCUT2D eigenvalue weighted by molar-refractivity contribution is -0.00274. The minimum absolute atomic E-state index is 0.109. The van der Waals surface area contributed by atoms with Gasteiger partial charge in [-0.3, -0.25) is 0 Å². The average molecular weight is 278 g/mol. The third-order valence-corrected chi connectivity index (χ3v) is 5.87. The summed E-state index contributed by atoms with van der Waals surface area (Å²) in [7, 11) is -2.97. The van der Waals surface area contributed by atoms with Crippen molar-refractivity contribution in [2.75, 3.05) is 24.7 Å². The monoisotopic (exact) mass is 278 g/mol. The Hall–Kier alpha value is -0.130. The van der Waals surface area contributed by atoms with Crippen LogP contribution in [0.5, 0.6) is 0 Å². The van der Waals surface area contributed by atoms with Gasteiger partial charge in [0, 0.05) is 5.41 Å². The molecule has 0 saturated carbocycles. The van der Waals surface area contributed by atoms with Crippen LogP contribution in [0.1, 0.15) is 40.0 Å².